The van der Waals surface area contributed by atoms with E-state index in [0.717, 1.165) is 31.4 Å². The van der Waals surface area contributed by atoms with Crippen molar-refractivity contribution in [1.82, 2.24) is 35.2 Å². The maximum Gasteiger partial charge on any atom is 0.318 e. The fraction of sp³-hybridized carbons (Fsp3) is 0.571. The van der Waals surface area contributed by atoms with E-state index in [1.807, 2.05) is 18.0 Å². The molecular weight excluding hydrogens is 282 g/mol. The Bertz CT molecular complexity index is 580. The molecule has 2 atom stereocenters. The van der Waals surface area contributed by atoms with Crippen LogP contribution in [0.2, 0.25) is 0 Å². The first-order chi connectivity index (χ1) is 10.7. The van der Waals surface area contributed by atoms with Crippen molar-refractivity contribution in [1.29, 1.82) is 0 Å². The van der Waals surface area contributed by atoms with Gasteiger partial charge in [0.05, 0.1) is 18.8 Å². The van der Waals surface area contributed by atoms with Gasteiger partial charge in [0.2, 0.25) is 0 Å². The summed E-state index contributed by atoms with van der Waals surface area (Å²) >= 11 is 0. The van der Waals surface area contributed by atoms with Gasteiger partial charge < -0.3 is 10.2 Å². The molecule has 0 saturated carbocycles. The topological polar surface area (TPSA) is 91.7 Å². The zero-order chi connectivity index (χ0) is 15.4. The van der Waals surface area contributed by atoms with Crippen LogP contribution in [-0.4, -0.2) is 48.5 Å². The molecule has 22 heavy (non-hydrogen) atoms. The number of likely N-dealkylation sites (tertiary alicyclic amines) is 1. The standard InChI is InChI=1S/C14H21N7O/c1-11(8-20-10-15-9-18-20)19-14(22)21-5-3-2-4-13(21)12-6-16-17-7-12/h6-7,9-11,13H,2-5,8H2,1H3,(H,16,17)(H,19,22)/t11-,13+/m1/s1. The lowest BCUT2D eigenvalue weighted by molar-refractivity contribution is 0.148. The van der Waals surface area contributed by atoms with Gasteiger partial charge in [-0.2, -0.15) is 10.2 Å². The predicted molar refractivity (Wildman–Crippen MR) is 79.9 cm³/mol. The minimum Gasteiger partial charge on any atom is -0.334 e. The summed E-state index contributed by atoms with van der Waals surface area (Å²) in [7, 11) is 0. The molecular formula is C14H21N7O. The molecule has 0 bridgehead atoms. The van der Waals surface area contributed by atoms with Crippen molar-refractivity contribution in [3.63, 3.8) is 0 Å². The molecule has 8 nitrogen and oxygen atoms in total. The minimum absolute atomic E-state index is 0.0128. The molecule has 0 radical (unpaired) electrons. The number of H-pyrrole nitrogens is 1. The second kappa shape index (κ2) is 6.59. The van der Waals surface area contributed by atoms with Gasteiger partial charge in [-0.25, -0.2) is 9.78 Å². The number of aromatic amines is 1. The first-order valence-electron chi connectivity index (χ1n) is 7.62. The number of aromatic nitrogens is 5. The number of nitrogens with one attached hydrogen (secondary N) is 2. The zero-order valence-corrected chi connectivity index (χ0v) is 12.6. The Morgan fingerprint density at radius 1 is 1.55 bits per heavy atom. The maximum absolute atomic E-state index is 12.6. The number of nitrogens with zero attached hydrogens (tertiary/aromatic N) is 5. The SMILES string of the molecule is C[C@H](Cn1cncn1)NC(=O)N1CCCC[C@H]1c1cn[nH]c1. The van der Waals surface area contributed by atoms with Crippen LogP contribution in [0.5, 0.6) is 0 Å². The van der Waals surface area contributed by atoms with Crippen LogP contribution < -0.4 is 5.32 Å². The van der Waals surface area contributed by atoms with Crippen LogP contribution >= 0.6 is 0 Å². The highest BCUT2D eigenvalue weighted by molar-refractivity contribution is 5.75. The average Bonchev–Trinajstić information content (AvgIpc) is 3.20. The number of amides is 2. The number of hydrogen-bond donors (Lipinski definition) is 2. The van der Waals surface area contributed by atoms with E-state index in [4.69, 9.17) is 0 Å². The van der Waals surface area contributed by atoms with Crippen molar-refractivity contribution in [3.8, 4) is 0 Å². The van der Waals surface area contributed by atoms with Crippen molar-refractivity contribution in [2.75, 3.05) is 6.54 Å². The van der Waals surface area contributed by atoms with E-state index in [1.54, 1.807) is 17.2 Å². The molecule has 118 valence electrons. The lowest BCUT2D eigenvalue weighted by Gasteiger charge is -2.36. The number of urea groups is 1. The fourth-order valence-electron chi connectivity index (χ4n) is 2.91. The molecule has 1 fully saturated rings. The Labute approximate surface area is 128 Å². The number of carbonyl (C=O) groups excluding carboxylic acids is 1. The Kier molecular flexibility index (Phi) is 4.36. The average molecular weight is 303 g/mol. The second-order valence-corrected chi connectivity index (χ2v) is 5.70. The van der Waals surface area contributed by atoms with Crippen molar-refractivity contribution in [2.24, 2.45) is 0 Å². The summed E-state index contributed by atoms with van der Waals surface area (Å²) in [4.78, 5) is 18.4. The molecule has 1 saturated heterocycles. The van der Waals surface area contributed by atoms with Crippen LogP contribution in [0.3, 0.4) is 0 Å². The van der Waals surface area contributed by atoms with E-state index < -0.39 is 0 Å². The Morgan fingerprint density at radius 3 is 3.18 bits per heavy atom. The largest absolute Gasteiger partial charge is 0.334 e. The Hall–Kier alpha value is -2.38. The number of rotatable bonds is 4. The van der Waals surface area contributed by atoms with E-state index in [0.29, 0.717) is 6.54 Å². The van der Waals surface area contributed by atoms with Crippen LogP contribution in [0.15, 0.2) is 25.0 Å². The molecule has 0 spiro atoms. The molecule has 1 aliphatic rings. The number of carbonyl (C=O) groups is 1. The smallest absolute Gasteiger partial charge is 0.318 e. The number of piperidine rings is 1. The van der Waals surface area contributed by atoms with Gasteiger partial charge in [-0.3, -0.25) is 9.78 Å². The van der Waals surface area contributed by atoms with Gasteiger partial charge in [0.15, 0.2) is 0 Å². The van der Waals surface area contributed by atoms with Gasteiger partial charge in [-0.1, -0.05) is 0 Å². The maximum atomic E-state index is 12.6. The molecule has 3 heterocycles. The van der Waals surface area contributed by atoms with Crippen molar-refractivity contribution in [3.05, 3.63) is 30.6 Å². The van der Waals surface area contributed by atoms with Gasteiger partial charge in [0.1, 0.15) is 12.7 Å². The zero-order valence-electron chi connectivity index (χ0n) is 12.6. The lowest BCUT2D eigenvalue weighted by atomic mass is 9.98. The predicted octanol–water partition coefficient (Wildman–Crippen LogP) is 1.33. The van der Waals surface area contributed by atoms with Gasteiger partial charge in [0, 0.05) is 24.3 Å². The van der Waals surface area contributed by atoms with Crippen molar-refractivity contribution in [2.45, 2.75) is 44.8 Å². The molecule has 8 heteroatoms. The normalized spacial score (nSPS) is 19.9. The third-order valence-corrected chi connectivity index (χ3v) is 3.97. The molecule has 3 rings (SSSR count). The first kappa shape index (κ1) is 14.6. The second-order valence-electron chi connectivity index (χ2n) is 5.70. The van der Waals surface area contributed by atoms with Crippen molar-refractivity contribution >= 4 is 6.03 Å². The summed E-state index contributed by atoms with van der Waals surface area (Å²) in [5.41, 5.74) is 1.07. The van der Waals surface area contributed by atoms with Gasteiger partial charge in [-0.15, -0.1) is 0 Å². The van der Waals surface area contributed by atoms with E-state index in [9.17, 15) is 4.79 Å². The molecule has 0 aliphatic carbocycles. The van der Waals surface area contributed by atoms with Gasteiger partial charge >= 0.3 is 6.03 Å². The Balaban J connectivity index is 1.62. The van der Waals surface area contributed by atoms with Crippen LogP contribution in [0.4, 0.5) is 4.79 Å². The van der Waals surface area contributed by atoms with E-state index >= 15 is 0 Å². The minimum atomic E-state index is -0.0292. The van der Waals surface area contributed by atoms with Gasteiger partial charge in [-0.05, 0) is 26.2 Å². The first-order valence-corrected chi connectivity index (χ1v) is 7.62. The molecule has 2 N–H and O–H groups in total. The van der Waals surface area contributed by atoms with E-state index in [2.05, 4.69) is 25.6 Å². The van der Waals surface area contributed by atoms with Crippen molar-refractivity contribution < 1.29 is 4.79 Å². The summed E-state index contributed by atoms with van der Waals surface area (Å²) in [6, 6.07) is 0.0608. The highest BCUT2D eigenvalue weighted by Gasteiger charge is 2.29. The van der Waals surface area contributed by atoms with E-state index in [1.165, 1.54) is 6.33 Å². The molecule has 0 aromatic carbocycles. The van der Waals surface area contributed by atoms with Crippen LogP contribution in [0.25, 0.3) is 0 Å². The quantitative estimate of drug-likeness (QED) is 0.891. The van der Waals surface area contributed by atoms with E-state index in [-0.39, 0.29) is 18.1 Å². The third-order valence-electron chi connectivity index (χ3n) is 3.97. The highest BCUT2D eigenvalue weighted by atomic mass is 16.2. The van der Waals surface area contributed by atoms with Crippen LogP contribution in [0, 0.1) is 0 Å². The summed E-state index contributed by atoms with van der Waals surface area (Å²) in [6.07, 6.45) is 9.97. The molecule has 2 aromatic rings. The molecule has 2 amide bonds. The molecule has 1 aliphatic heterocycles. The summed E-state index contributed by atoms with van der Waals surface area (Å²) in [6.45, 7) is 3.35. The molecule has 0 unspecified atom stereocenters. The number of hydrogen-bond acceptors (Lipinski definition) is 4. The summed E-state index contributed by atoms with van der Waals surface area (Å²) in [5.74, 6) is 0. The molecule has 2 aromatic heterocycles. The monoisotopic (exact) mass is 303 g/mol. The lowest BCUT2D eigenvalue weighted by Crippen LogP contribution is -2.48. The van der Waals surface area contributed by atoms with Crippen LogP contribution in [0.1, 0.15) is 37.8 Å². The fourth-order valence-corrected chi connectivity index (χ4v) is 2.91. The van der Waals surface area contributed by atoms with Gasteiger partial charge in [0.25, 0.3) is 0 Å². The summed E-state index contributed by atoms with van der Waals surface area (Å²) in [5, 5.41) is 13.9. The van der Waals surface area contributed by atoms with Crippen LogP contribution in [-0.2, 0) is 6.54 Å². The summed E-state index contributed by atoms with van der Waals surface area (Å²) < 4.78 is 1.72. The third kappa shape index (κ3) is 3.26. The Morgan fingerprint density at radius 2 is 2.45 bits per heavy atom. The highest BCUT2D eigenvalue weighted by Crippen LogP contribution is 2.30.